The van der Waals surface area contributed by atoms with Gasteiger partial charge in [-0.25, -0.2) is 0 Å². The summed E-state index contributed by atoms with van der Waals surface area (Å²) < 4.78 is 0. The van der Waals surface area contributed by atoms with Crippen LogP contribution >= 0.6 is 0 Å². The van der Waals surface area contributed by atoms with E-state index < -0.39 is 0 Å². The second-order valence-corrected chi connectivity index (χ2v) is 7.44. The van der Waals surface area contributed by atoms with Crippen molar-refractivity contribution in [2.24, 2.45) is 5.73 Å². The number of aromatic nitrogens is 2. The van der Waals surface area contributed by atoms with Crippen molar-refractivity contribution in [2.45, 2.75) is 45.6 Å². The zero-order valence-corrected chi connectivity index (χ0v) is 16.7. The van der Waals surface area contributed by atoms with Gasteiger partial charge in [-0.1, -0.05) is 36.4 Å². The van der Waals surface area contributed by atoms with Gasteiger partial charge in [-0.3, -0.25) is 0 Å². The Morgan fingerprint density at radius 1 is 0.893 bits per heavy atom. The van der Waals surface area contributed by atoms with Crippen LogP contribution in [0.3, 0.4) is 0 Å². The highest BCUT2D eigenvalue weighted by molar-refractivity contribution is 5.84. The predicted molar refractivity (Wildman–Crippen MR) is 118 cm³/mol. The molecule has 0 spiro atoms. The molecule has 0 bridgehead atoms. The first-order valence-corrected chi connectivity index (χ1v) is 9.89. The molecule has 2 heterocycles. The van der Waals surface area contributed by atoms with Crippen LogP contribution in [0.1, 0.15) is 37.8 Å². The number of para-hydroxylation sites is 2. The van der Waals surface area contributed by atoms with Crippen molar-refractivity contribution in [3.05, 3.63) is 72.1 Å². The molecular weight excluding hydrogens is 346 g/mol. The fourth-order valence-electron chi connectivity index (χ4n) is 3.37. The van der Waals surface area contributed by atoms with Gasteiger partial charge in [0.15, 0.2) is 0 Å². The SMILES string of the molecule is CC(=O)CCc1c[nH]c2ccccc12.CC(N)CCc1c[nH]c2ccccc12. The van der Waals surface area contributed by atoms with Crippen LogP contribution in [0.25, 0.3) is 21.8 Å². The Balaban J connectivity index is 0.000000161. The number of benzene rings is 2. The van der Waals surface area contributed by atoms with E-state index in [1.54, 1.807) is 6.92 Å². The fourth-order valence-corrected chi connectivity index (χ4v) is 3.37. The lowest BCUT2D eigenvalue weighted by Crippen LogP contribution is -2.15. The molecule has 0 amide bonds. The van der Waals surface area contributed by atoms with Crippen molar-refractivity contribution in [1.29, 1.82) is 0 Å². The molecular formula is C24H29N3O. The number of ketones is 1. The maximum Gasteiger partial charge on any atom is 0.130 e. The second-order valence-electron chi connectivity index (χ2n) is 7.44. The highest BCUT2D eigenvalue weighted by Crippen LogP contribution is 2.20. The number of carbonyl (C=O) groups excluding carboxylic acids is 1. The van der Waals surface area contributed by atoms with Crippen molar-refractivity contribution in [2.75, 3.05) is 0 Å². The lowest BCUT2D eigenvalue weighted by Gasteiger charge is -2.03. The summed E-state index contributed by atoms with van der Waals surface area (Å²) in [5.74, 6) is 0.246. The quantitative estimate of drug-likeness (QED) is 0.437. The minimum atomic E-state index is 0.246. The molecule has 4 aromatic rings. The molecule has 2 aromatic heterocycles. The van der Waals surface area contributed by atoms with Gasteiger partial charge in [-0.2, -0.15) is 0 Å². The van der Waals surface area contributed by atoms with Crippen LogP contribution in [-0.2, 0) is 17.6 Å². The number of H-pyrrole nitrogens is 2. The van der Waals surface area contributed by atoms with Crippen molar-refractivity contribution < 1.29 is 4.79 Å². The summed E-state index contributed by atoms with van der Waals surface area (Å²) in [6, 6.07) is 16.8. The number of hydrogen-bond acceptors (Lipinski definition) is 2. The van der Waals surface area contributed by atoms with Crippen molar-refractivity contribution >= 4 is 27.6 Å². The summed E-state index contributed by atoms with van der Waals surface area (Å²) in [5, 5.41) is 2.56. The van der Waals surface area contributed by atoms with Crippen LogP contribution in [-0.4, -0.2) is 21.8 Å². The molecule has 4 rings (SSSR count). The third-order valence-corrected chi connectivity index (χ3v) is 4.97. The number of nitrogens with two attached hydrogens (primary N) is 1. The molecule has 0 fully saturated rings. The summed E-state index contributed by atoms with van der Waals surface area (Å²) in [5.41, 5.74) is 10.7. The van der Waals surface area contributed by atoms with Gasteiger partial charge in [0.2, 0.25) is 0 Å². The highest BCUT2D eigenvalue weighted by Gasteiger charge is 2.04. The molecule has 0 aliphatic rings. The summed E-state index contributed by atoms with van der Waals surface area (Å²) >= 11 is 0. The maximum absolute atomic E-state index is 10.9. The maximum atomic E-state index is 10.9. The molecule has 0 radical (unpaired) electrons. The summed E-state index contributed by atoms with van der Waals surface area (Å²) in [6.07, 6.45) is 7.64. The molecule has 4 nitrogen and oxygen atoms in total. The smallest absolute Gasteiger partial charge is 0.130 e. The lowest BCUT2D eigenvalue weighted by atomic mass is 10.1. The average Bonchev–Trinajstić information content (AvgIpc) is 3.29. The standard InChI is InChI=1S/C12H16N2.C12H13NO/c1-9(13)6-7-10-8-14-12-5-3-2-4-11(10)12;1-9(14)6-7-10-8-13-12-5-3-2-4-11(10)12/h2-5,8-9,14H,6-7,13H2,1H3;2-5,8,13H,6-7H2,1H3. The van der Waals surface area contributed by atoms with Gasteiger partial charge in [-0.05, 0) is 56.4 Å². The van der Waals surface area contributed by atoms with Gasteiger partial charge in [0, 0.05) is 46.7 Å². The number of aryl methyl sites for hydroxylation is 2. The van der Waals surface area contributed by atoms with E-state index in [-0.39, 0.29) is 11.8 Å². The number of nitrogens with one attached hydrogen (secondary N) is 2. The number of hydrogen-bond donors (Lipinski definition) is 3. The number of rotatable bonds is 6. The van der Waals surface area contributed by atoms with Gasteiger partial charge >= 0.3 is 0 Å². The van der Waals surface area contributed by atoms with E-state index in [1.165, 1.54) is 27.4 Å². The molecule has 4 heteroatoms. The molecule has 28 heavy (non-hydrogen) atoms. The topological polar surface area (TPSA) is 74.7 Å². The van der Waals surface area contributed by atoms with Gasteiger partial charge in [-0.15, -0.1) is 0 Å². The molecule has 0 saturated carbocycles. The summed E-state index contributed by atoms with van der Waals surface area (Å²) in [6.45, 7) is 3.68. The fraction of sp³-hybridized carbons (Fsp3) is 0.292. The highest BCUT2D eigenvalue weighted by atomic mass is 16.1. The van der Waals surface area contributed by atoms with E-state index in [4.69, 9.17) is 5.73 Å². The molecule has 0 saturated heterocycles. The van der Waals surface area contributed by atoms with E-state index in [0.717, 1.165) is 24.8 Å². The van der Waals surface area contributed by atoms with E-state index in [2.05, 4.69) is 47.4 Å². The Labute approximate surface area is 166 Å². The number of aromatic amines is 2. The average molecular weight is 376 g/mol. The minimum Gasteiger partial charge on any atom is -0.361 e. The Bertz CT molecular complexity index is 1040. The van der Waals surface area contributed by atoms with E-state index >= 15 is 0 Å². The zero-order chi connectivity index (χ0) is 19.9. The van der Waals surface area contributed by atoms with E-state index in [9.17, 15) is 4.79 Å². The minimum absolute atomic E-state index is 0.246. The molecule has 1 atom stereocenters. The summed E-state index contributed by atoms with van der Waals surface area (Å²) in [7, 11) is 0. The number of fused-ring (bicyclic) bond motifs is 2. The van der Waals surface area contributed by atoms with Gasteiger partial charge < -0.3 is 20.5 Å². The van der Waals surface area contributed by atoms with Crippen LogP contribution in [0.4, 0.5) is 0 Å². The zero-order valence-electron chi connectivity index (χ0n) is 16.7. The first-order chi connectivity index (χ1) is 13.5. The number of carbonyl (C=O) groups is 1. The summed E-state index contributed by atoms with van der Waals surface area (Å²) in [4.78, 5) is 17.3. The van der Waals surface area contributed by atoms with Crippen molar-refractivity contribution in [3.63, 3.8) is 0 Å². The molecule has 146 valence electrons. The first kappa shape index (κ1) is 19.9. The van der Waals surface area contributed by atoms with Crippen LogP contribution in [0.15, 0.2) is 60.9 Å². The second kappa shape index (κ2) is 9.38. The predicted octanol–water partition coefficient (Wildman–Crippen LogP) is 5.14. The largest absolute Gasteiger partial charge is 0.361 e. The van der Waals surface area contributed by atoms with Crippen molar-refractivity contribution in [1.82, 2.24) is 9.97 Å². The van der Waals surface area contributed by atoms with Crippen LogP contribution < -0.4 is 5.73 Å². The monoisotopic (exact) mass is 375 g/mol. The Morgan fingerprint density at radius 3 is 1.89 bits per heavy atom. The van der Waals surface area contributed by atoms with Gasteiger partial charge in [0.05, 0.1) is 0 Å². The Hall–Kier alpha value is -2.85. The lowest BCUT2D eigenvalue weighted by molar-refractivity contribution is -0.116. The third kappa shape index (κ3) is 5.11. The molecule has 0 aliphatic heterocycles. The van der Waals surface area contributed by atoms with E-state index in [0.29, 0.717) is 6.42 Å². The van der Waals surface area contributed by atoms with E-state index in [1.807, 2.05) is 30.5 Å². The first-order valence-electron chi connectivity index (χ1n) is 9.89. The molecule has 4 N–H and O–H groups in total. The molecule has 2 aromatic carbocycles. The van der Waals surface area contributed by atoms with Crippen LogP contribution in [0, 0.1) is 0 Å². The molecule has 1 unspecified atom stereocenters. The normalized spacial score (nSPS) is 12.0. The number of Topliss-reactive ketones (excluding diaryl/α,β-unsaturated/α-hetero) is 1. The molecule has 0 aliphatic carbocycles. The van der Waals surface area contributed by atoms with Crippen molar-refractivity contribution in [3.8, 4) is 0 Å². The Morgan fingerprint density at radius 2 is 1.39 bits per heavy atom. The Kier molecular flexibility index (Phi) is 6.66. The van der Waals surface area contributed by atoms with Crippen LogP contribution in [0.5, 0.6) is 0 Å². The third-order valence-electron chi connectivity index (χ3n) is 4.97. The van der Waals surface area contributed by atoms with Gasteiger partial charge in [0.25, 0.3) is 0 Å². The van der Waals surface area contributed by atoms with Crippen LogP contribution in [0.2, 0.25) is 0 Å². The van der Waals surface area contributed by atoms with Gasteiger partial charge in [0.1, 0.15) is 5.78 Å².